The smallest absolute Gasteiger partial charge is 0.248 e. The number of nitrogens with one attached hydrogen (secondary N) is 18. The molecule has 3 rings (SSSR count). The number of amides is 20. The molecule has 1 aromatic carbocycles. The normalized spacial score (nSPS) is 15.9. The minimum atomic E-state index is -1.91. The molecule has 0 spiro atoms. The zero-order chi connectivity index (χ0) is 99.7. The summed E-state index contributed by atoms with van der Waals surface area (Å²) in [4.78, 5) is 278. The minimum absolute atomic E-state index is 0.0251. The highest BCUT2D eigenvalue weighted by atomic mass is 16.3. The highest BCUT2D eigenvalue weighted by molar-refractivity contribution is 6.04. The number of rotatable bonds is 51. The van der Waals surface area contributed by atoms with E-state index in [1.165, 1.54) is 130 Å². The van der Waals surface area contributed by atoms with Gasteiger partial charge in [0.2, 0.25) is 118 Å². The second-order valence-electron chi connectivity index (χ2n) is 38.1. The quantitative estimate of drug-likeness (QED) is 0.0313. The van der Waals surface area contributed by atoms with Crippen LogP contribution in [0.5, 0.6) is 0 Å². The predicted octanol–water partition coefficient (Wildman–Crippen LogP) is -3.06. The Bertz CT molecular complexity index is 4480. The fourth-order valence-electron chi connectivity index (χ4n) is 13.7. The first kappa shape index (κ1) is 112. The molecule has 20 amide bonds. The molecule has 1 saturated heterocycles. The summed E-state index contributed by atoms with van der Waals surface area (Å²) in [5.41, 5.74) is -1.59. The molecule has 0 aliphatic carbocycles. The molecular weight excluding hydrogens is 1690 g/mol. The molecule has 0 bridgehead atoms. The Labute approximate surface area is 759 Å². The largest absolute Gasteiger partial charge is 0.394 e. The van der Waals surface area contributed by atoms with Crippen LogP contribution in [0.3, 0.4) is 0 Å². The molecule has 0 radical (unpaired) electrons. The maximum Gasteiger partial charge on any atom is 0.248 e. The Kier molecular flexibility index (Phi) is 41.1. The Morgan fingerprint density at radius 1 is 0.454 bits per heavy atom. The van der Waals surface area contributed by atoms with Crippen LogP contribution in [-0.2, 0) is 102 Å². The number of benzene rings is 1. The van der Waals surface area contributed by atoms with Gasteiger partial charge in [-0.25, -0.2) is 0 Å². The lowest BCUT2D eigenvalue weighted by Gasteiger charge is -2.36. The molecule has 2 heterocycles. The Morgan fingerprint density at radius 2 is 0.900 bits per heavy atom. The van der Waals surface area contributed by atoms with Gasteiger partial charge in [0, 0.05) is 43.4 Å². The standard InChI is InChI=1S/C87H143N21O22/c1-25-86(23,107-78(129)87(24,26-2)105-64(115)48(9)92-66(117)58(44-110)98-73(124)81(13,14)100-49(10)111)77(128)97-55(34-36-61(89)113)67(118)101-82(15,16)75(126)99-63(47(7)8)71(122)104-80(11,12)72(123)91-42-62(114)94-56(38-45(3)4)68(119)103-85(21,22)79(130)108-37-29-32-59(108)70(121)95-57(39-46(5)6)69(120)102-84(19,20)76(127)106-83(17,18)74(125)96-54(33-35-60(88)112)65(116)93-51(43-109)40-50-41-90-53-31-28-27-30-52(50)53/h27-28,30-31,41,45-48,51,54-59,63,90,109-110H,25-26,29,32-40,42-44H2,1-24H3,(H2,88,112)(H2,89,113)(H,91,123)(H,92,117)(H,93,116)(H,94,114)(H,95,121)(H,96,125)(H,97,128)(H,98,124)(H,99,126)(H,100,111)(H,101,118)(H,102,120)(H,103,119)(H,104,122)(H,105,115)(H,106,127)(H,107,129)/t48-,51?,54-,55-,56-,57-,58-,59-,63-,86-,87-/m0/s1. The van der Waals surface area contributed by atoms with Crippen molar-refractivity contribution in [3.63, 3.8) is 0 Å². The average Bonchev–Trinajstić information content (AvgIpc) is 1.60. The van der Waals surface area contributed by atoms with Crippen LogP contribution < -0.4 is 102 Å². The third-order valence-corrected chi connectivity index (χ3v) is 22.3. The summed E-state index contributed by atoms with van der Waals surface area (Å²) in [6.07, 6.45) is 0.860. The number of aromatic amines is 1. The van der Waals surface area contributed by atoms with Gasteiger partial charge in [-0.1, -0.05) is 73.6 Å². The summed E-state index contributed by atoms with van der Waals surface area (Å²) in [7, 11) is 0. The van der Waals surface area contributed by atoms with Crippen LogP contribution in [0, 0.1) is 17.8 Å². The van der Waals surface area contributed by atoms with Crippen molar-refractivity contribution in [3.05, 3.63) is 36.0 Å². The number of carbonyl (C=O) groups excluding carboxylic acids is 20. The van der Waals surface area contributed by atoms with Crippen molar-refractivity contribution < 1.29 is 106 Å². The topological polar surface area (TPSA) is 657 Å². The summed E-state index contributed by atoms with van der Waals surface area (Å²) in [6.45, 7) is 32.4. The minimum Gasteiger partial charge on any atom is -0.394 e. The zero-order valence-electron chi connectivity index (χ0n) is 79.6. The van der Waals surface area contributed by atoms with Crippen molar-refractivity contribution in [2.24, 2.45) is 29.2 Å². The van der Waals surface area contributed by atoms with E-state index in [4.69, 9.17) is 11.5 Å². The van der Waals surface area contributed by atoms with Gasteiger partial charge in [0.15, 0.2) is 0 Å². The van der Waals surface area contributed by atoms with E-state index in [0.29, 0.717) is 6.42 Å². The van der Waals surface area contributed by atoms with Gasteiger partial charge >= 0.3 is 0 Å². The van der Waals surface area contributed by atoms with E-state index in [-0.39, 0.29) is 69.7 Å². The molecule has 1 aliphatic heterocycles. The molecule has 2 aromatic rings. The van der Waals surface area contributed by atoms with Crippen LogP contribution >= 0.6 is 0 Å². The van der Waals surface area contributed by atoms with E-state index in [2.05, 4.69) is 95.4 Å². The molecule has 130 heavy (non-hydrogen) atoms. The Hall–Kier alpha value is -11.9. The number of fused-ring (bicyclic) bond motifs is 1. The third kappa shape index (κ3) is 33.2. The zero-order valence-corrected chi connectivity index (χ0v) is 79.6. The predicted molar refractivity (Wildman–Crippen MR) is 478 cm³/mol. The fourth-order valence-corrected chi connectivity index (χ4v) is 13.7. The molecule has 43 heteroatoms. The average molecular weight is 1840 g/mol. The van der Waals surface area contributed by atoms with Gasteiger partial charge < -0.3 is 122 Å². The van der Waals surface area contributed by atoms with E-state index in [0.717, 1.165) is 16.5 Å². The summed E-state index contributed by atoms with van der Waals surface area (Å²) >= 11 is 0. The molecule has 43 nitrogen and oxygen atoms in total. The first-order chi connectivity index (χ1) is 59.8. The summed E-state index contributed by atoms with van der Waals surface area (Å²) < 4.78 is 0. The van der Waals surface area contributed by atoms with Gasteiger partial charge in [0.1, 0.15) is 92.6 Å². The van der Waals surface area contributed by atoms with Crippen LogP contribution in [0.4, 0.5) is 0 Å². The lowest BCUT2D eigenvalue weighted by molar-refractivity contribution is -0.145. The third-order valence-electron chi connectivity index (χ3n) is 22.3. The molecule has 728 valence electrons. The lowest BCUT2D eigenvalue weighted by atomic mass is 9.91. The van der Waals surface area contributed by atoms with Crippen molar-refractivity contribution in [3.8, 4) is 0 Å². The van der Waals surface area contributed by atoms with Gasteiger partial charge in [-0.15, -0.1) is 0 Å². The monoisotopic (exact) mass is 1830 g/mol. The number of primary amides is 2. The maximum absolute atomic E-state index is 14.6. The fraction of sp³-hybridized carbons (Fsp3) is 0.678. The summed E-state index contributed by atoms with van der Waals surface area (Å²) in [5, 5.41) is 64.7. The van der Waals surface area contributed by atoms with E-state index < -0.39 is 255 Å². The van der Waals surface area contributed by atoms with Crippen molar-refractivity contribution in [2.45, 2.75) is 335 Å². The van der Waals surface area contributed by atoms with Crippen molar-refractivity contribution in [1.82, 2.24) is 100 Å². The number of aromatic nitrogens is 1. The molecule has 11 atom stereocenters. The lowest BCUT2D eigenvalue weighted by Crippen LogP contribution is -2.67. The number of likely N-dealkylation sites (tertiary alicyclic amines) is 1. The van der Waals surface area contributed by atoms with Crippen molar-refractivity contribution in [1.29, 1.82) is 0 Å². The van der Waals surface area contributed by atoms with Crippen molar-refractivity contribution in [2.75, 3.05) is 26.3 Å². The molecule has 1 fully saturated rings. The second-order valence-corrected chi connectivity index (χ2v) is 38.1. The number of aliphatic hydroxyl groups excluding tert-OH is 2. The number of nitrogens with two attached hydrogens (primary N) is 2. The highest BCUT2D eigenvalue weighted by Gasteiger charge is 2.48. The van der Waals surface area contributed by atoms with Gasteiger partial charge in [-0.3, -0.25) is 95.9 Å². The van der Waals surface area contributed by atoms with E-state index in [1.807, 2.05) is 24.3 Å². The van der Waals surface area contributed by atoms with Crippen LogP contribution in [0.1, 0.15) is 236 Å². The molecular formula is C87H143N21O22. The number of carbonyl (C=O) groups is 20. The Balaban J connectivity index is 1.68. The maximum atomic E-state index is 14.6. The number of aliphatic hydroxyl groups is 2. The van der Waals surface area contributed by atoms with Gasteiger partial charge in [-0.05, 0) is 191 Å². The first-order valence-electron chi connectivity index (χ1n) is 43.7. The van der Waals surface area contributed by atoms with Gasteiger partial charge in [0.05, 0.1) is 25.8 Å². The van der Waals surface area contributed by atoms with E-state index in [1.54, 1.807) is 47.7 Å². The number of H-pyrrole nitrogens is 1. The SMILES string of the molecule is CC[C@](C)(NC(=O)[C@H](C)NC(=O)[C@H](CO)NC(=O)C(C)(C)NC(C)=O)C(=O)N[C@@](C)(CC)C(=O)N[C@@H](CCC(N)=O)C(=O)NC(C)(C)C(=O)N[C@H](C(=O)NC(C)(C)C(=O)NCC(=O)N[C@@H](CC(C)C)C(=O)NC(C)(C)C(=O)N1CCC[C@H]1C(=O)N[C@@H](CC(C)C)C(=O)NC(C)(C)C(=O)NC(C)(C)C(=O)N[C@@H](CCC(N)=O)C(=O)NC(CO)Cc1c[nH]c2ccccc12)C(C)C. The van der Waals surface area contributed by atoms with Crippen molar-refractivity contribution >= 4 is 129 Å². The molecule has 1 unspecified atom stereocenters. The molecule has 24 N–H and O–H groups in total. The van der Waals surface area contributed by atoms with Crippen LogP contribution in [0.25, 0.3) is 10.9 Å². The summed E-state index contributed by atoms with van der Waals surface area (Å²) in [6, 6.07) is -4.43. The van der Waals surface area contributed by atoms with E-state index in [9.17, 15) is 106 Å². The van der Waals surface area contributed by atoms with Gasteiger partial charge in [-0.2, -0.15) is 0 Å². The molecule has 1 aliphatic rings. The number of hydrogen-bond acceptors (Lipinski definition) is 22. The molecule has 0 saturated carbocycles. The van der Waals surface area contributed by atoms with Crippen LogP contribution in [0.2, 0.25) is 0 Å². The van der Waals surface area contributed by atoms with E-state index >= 15 is 0 Å². The number of para-hydroxylation sites is 1. The highest BCUT2D eigenvalue weighted by Crippen LogP contribution is 2.26. The molecule has 1 aromatic heterocycles. The summed E-state index contributed by atoms with van der Waals surface area (Å²) in [5.74, 6) is -18.0. The second kappa shape index (κ2) is 47.6. The first-order valence-corrected chi connectivity index (χ1v) is 43.7. The van der Waals surface area contributed by atoms with Gasteiger partial charge in [0.25, 0.3) is 0 Å². The van der Waals surface area contributed by atoms with Crippen LogP contribution in [-0.4, -0.2) is 263 Å². The van der Waals surface area contributed by atoms with Crippen LogP contribution in [0.15, 0.2) is 30.5 Å². The Morgan fingerprint density at radius 3 is 1.41 bits per heavy atom. The number of nitrogens with zero attached hydrogens (tertiary/aromatic N) is 1. The number of hydrogen-bond donors (Lipinski definition) is 22.